The Morgan fingerprint density at radius 1 is 0.270 bits per heavy atom. The lowest BCUT2D eigenvalue weighted by Crippen LogP contribution is -2.09. The summed E-state index contributed by atoms with van der Waals surface area (Å²) in [5.41, 5.74) is 13.6. The molecular formula is C60H37NO2. The van der Waals surface area contributed by atoms with Crippen LogP contribution in [0, 0.1) is 0 Å². The number of rotatable bonds is 6. The molecule has 0 unspecified atom stereocenters. The molecule has 0 radical (unpaired) electrons. The van der Waals surface area contributed by atoms with Gasteiger partial charge in [0.15, 0.2) is 0 Å². The first kappa shape index (κ1) is 35.4. The molecule has 0 saturated carbocycles. The fourth-order valence-electron chi connectivity index (χ4n) is 9.80. The van der Waals surface area contributed by atoms with Crippen LogP contribution in [-0.2, 0) is 0 Å². The first-order chi connectivity index (χ1) is 31.2. The molecule has 294 valence electrons. The zero-order valence-corrected chi connectivity index (χ0v) is 34.1. The molecule has 0 amide bonds. The molecule has 13 aromatic rings. The maximum Gasteiger partial charge on any atom is 0.143 e. The van der Waals surface area contributed by atoms with Crippen molar-refractivity contribution in [1.82, 2.24) is 0 Å². The number of nitrogens with zero attached hydrogens (tertiary/aromatic N) is 1. The van der Waals surface area contributed by atoms with Crippen LogP contribution in [0.2, 0.25) is 0 Å². The maximum atomic E-state index is 6.63. The van der Waals surface area contributed by atoms with Crippen LogP contribution in [0.5, 0.6) is 0 Å². The molecule has 0 bridgehead atoms. The molecule has 11 aromatic carbocycles. The lowest BCUT2D eigenvalue weighted by Gasteiger charge is -2.26. The minimum absolute atomic E-state index is 0.902. The van der Waals surface area contributed by atoms with Crippen LogP contribution in [0.4, 0.5) is 17.1 Å². The lowest BCUT2D eigenvalue weighted by atomic mass is 9.99. The Labute approximate surface area is 363 Å². The fourth-order valence-corrected chi connectivity index (χ4v) is 9.80. The maximum absolute atomic E-state index is 6.63. The van der Waals surface area contributed by atoms with E-state index in [-0.39, 0.29) is 0 Å². The van der Waals surface area contributed by atoms with Gasteiger partial charge in [0.05, 0.1) is 0 Å². The zero-order valence-electron chi connectivity index (χ0n) is 34.1. The van der Waals surface area contributed by atoms with Crippen LogP contribution in [0.3, 0.4) is 0 Å². The van der Waals surface area contributed by atoms with Gasteiger partial charge in [-0.05, 0) is 109 Å². The smallest absolute Gasteiger partial charge is 0.143 e. The van der Waals surface area contributed by atoms with Gasteiger partial charge in [0.1, 0.15) is 22.3 Å². The molecule has 0 N–H and O–H groups in total. The van der Waals surface area contributed by atoms with E-state index in [9.17, 15) is 0 Å². The van der Waals surface area contributed by atoms with Gasteiger partial charge in [-0.3, -0.25) is 0 Å². The molecule has 0 atom stereocenters. The number of fused-ring (bicyclic) bond motifs is 11. The van der Waals surface area contributed by atoms with Crippen molar-refractivity contribution >= 4 is 93.3 Å². The van der Waals surface area contributed by atoms with Gasteiger partial charge in [-0.2, -0.15) is 0 Å². The number of anilines is 3. The van der Waals surface area contributed by atoms with E-state index < -0.39 is 0 Å². The van der Waals surface area contributed by atoms with Crippen LogP contribution in [0.25, 0.3) is 110 Å². The Morgan fingerprint density at radius 2 is 0.714 bits per heavy atom. The Kier molecular flexibility index (Phi) is 7.91. The number of hydrogen-bond acceptors (Lipinski definition) is 3. The molecule has 0 aliphatic rings. The van der Waals surface area contributed by atoms with Gasteiger partial charge < -0.3 is 13.7 Å². The van der Waals surface area contributed by atoms with Crippen molar-refractivity contribution < 1.29 is 8.83 Å². The summed E-state index contributed by atoms with van der Waals surface area (Å²) in [6, 6.07) is 80.4. The summed E-state index contributed by atoms with van der Waals surface area (Å²) in [6.07, 6.45) is 0. The van der Waals surface area contributed by atoms with E-state index in [1.54, 1.807) is 0 Å². The minimum Gasteiger partial charge on any atom is -0.455 e. The van der Waals surface area contributed by atoms with Crippen molar-refractivity contribution in [1.29, 1.82) is 0 Å². The third-order valence-corrected chi connectivity index (χ3v) is 12.8. The summed E-state index contributed by atoms with van der Waals surface area (Å²) in [6.45, 7) is 0. The number of furan rings is 2. The highest BCUT2D eigenvalue weighted by molar-refractivity contribution is 6.22. The molecule has 0 saturated heterocycles. The van der Waals surface area contributed by atoms with E-state index in [1.807, 2.05) is 0 Å². The number of hydrogen-bond donors (Lipinski definition) is 0. The van der Waals surface area contributed by atoms with Crippen molar-refractivity contribution in [3.05, 3.63) is 224 Å². The quantitative estimate of drug-likeness (QED) is 0.168. The average Bonchev–Trinajstić information content (AvgIpc) is 3.94. The molecule has 63 heavy (non-hydrogen) atoms. The van der Waals surface area contributed by atoms with Gasteiger partial charge in [-0.15, -0.1) is 0 Å². The molecule has 3 nitrogen and oxygen atoms in total. The second kappa shape index (κ2) is 14.1. The van der Waals surface area contributed by atoms with E-state index >= 15 is 0 Å². The van der Waals surface area contributed by atoms with Crippen LogP contribution in [0.15, 0.2) is 233 Å². The van der Waals surface area contributed by atoms with Crippen LogP contribution < -0.4 is 4.90 Å². The third kappa shape index (κ3) is 5.75. The average molecular weight is 804 g/mol. The van der Waals surface area contributed by atoms with Crippen molar-refractivity contribution in [3.63, 3.8) is 0 Å². The van der Waals surface area contributed by atoms with Crippen LogP contribution >= 0.6 is 0 Å². The summed E-state index contributed by atoms with van der Waals surface area (Å²) < 4.78 is 13.3. The minimum atomic E-state index is 0.902. The number of para-hydroxylation sites is 2. The fraction of sp³-hybridized carbons (Fsp3) is 0. The molecular weight excluding hydrogens is 767 g/mol. The Bertz CT molecular complexity index is 3700. The zero-order chi connectivity index (χ0) is 41.4. The Morgan fingerprint density at radius 3 is 1.29 bits per heavy atom. The highest BCUT2D eigenvalue weighted by Crippen LogP contribution is 2.43. The first-order valence-electron chi connectivity index (χ1n) is 21.5. The number of benzene rings is 11. The van der Waals surface area contributed by atoms with Crippen molar-refractivity contribution in [2.45, 2.75) is 0 Å². The van der Waals surface area contributed by atoms with Gasteiger partial charge in [0, 0.05) is 49.7 Å². The van der Waals surface area contributed by atoms with Gasteiger partial charge in [0.2, 0.25) is 0 Å². The molecule has 0 aliphatic heterocycles. The molecule has 0 aliphatic carbocycles. The molecule has 0 spiro atoms. The van der Waals surface area contributed by atoms with E-state index in [1.165, 1.54) is 43.4 Å². The summed E-state index contributed by atoms with van der Waals surface area (Å²) in [5, 5.41) is 11.8. The third-order valence-electron chi connectivity index (χ3n) is 12.8. The van der Waals surface area contributed by atoms with Gasteiger partial charge in [-0.25, -0.2) is 0 Å². The van der Waals surface area contributed by atoms with Crippen LogP contribution in [-0.4, -0.2) is 0 Å². The highest BCUT2D eigenvalue weighted by Gasteiger charge is 2.19. The molecule has 2 aromatic heterocycles. The second-order valence-corrected chi connectivity index (χ2v) is 16.4. The van der Waals surface area contributed by atoms with E-state index in [0.717, 1.165) is 83.2 Å². The van der Waals surface area contributed by atoms with Crippen molar-refractivity contribution in [2.24, 2.45) is 0 Å². The van der Waals surface area contributed by atoms with E-state index in [0.29, 0.717) is 0 Å². The topological polar surface area (TPSA) is 29.5 Å². The van der Waals surface area contributed by atoms with Crippen molar-refractivity contribution in [2.75, 3.05) is 4.90 Å². The van der Waals surface area contributed by atoms with Crippen LogP contribution in [0.1, 0.15) is 0 Å². The lowest BCUT2D eigenvalue weighted by molar-refractivity contribution is 0.670. The summed E-state index contributed by atoms with van der Waals surface area (Å²) in [5.74, 6) is 0. The standard InChI is InChI=1S/C60H37NO2/c1-2-10-38(11-3-1)43-20-21-45-37-48(33-26-44(45)36-43)61(46-29-22-41(23-30-46)51-16-8-18-53-57-49-14-6-4-12-39(49)27-34-55(57)62-59(51)53)47-31-24-42(25-32-47)52-17-9-19-54-58-50-15-7-5-13-40(50)28-35-56(58)63-60(52)54/h1-37H. The molecule has 3 heteroatoms. The Hall–Kier alpha value is -8.40. The predicted molar refractivity (Wildman–Crippen MR) is 265 cm³/mol. The predicted octanol–water partition coefficient (Wildman–Crippen LogP) is 17.4. The highest BCUT2D eigenvalue weighted by atomic mass is 16.3. The monoisotopic (exact) mass is 803 g/mol. The summed E-state index contributed by atoms with van der Waals surface area (Å²) in [4.78, 5) is 2.35. The SMILES string of the molecule is c1ccc(-c2ccc3cc(N(c4ccc(-c5cccc6c5oc5ccc7ccccc7c56)cc4)c4ccc(-c5cccc6c5oc5ccc7ccccc7c56)cc4)ccc3c2)cc1. The summed E-state index contributed by atoms with van der Waals surface area (Å²) in [7, 11) is 0. The molecule has 2 heterocycles. The second-order valence-electron chi connectivity index (χ2n) is 16.4. The van der Waals surface area contributed by atoms with E-state index in [2.05, 4.69) is 229 Å². The van der Waals surface area contributed by atoms with Crippen molar-refractivity contribution in [3.8, 4) is 33.4 Å². The first-order valence-corrected chi connectivity index (χ1v) is 21.5. The summed E-state index contributed by atoms with van der Waals surface area (Å²) >= 11 is 0. The largest absolute Gasteiger partial charge is 0.455 e. The Balaban J connectivity index is 0.921. The molecule has 0 fully saturated rings. The molecule has 13 rings (SSSR count). The van der Waals surface area contributed by atoms with E-state index in [4.69, 9.17) is 8.83 Å². The van der Waals surface area contributed by atoms with Gasteiger partial charge in [-0.1, -0.05) is 170 Å². The van der Waals surface area contributed by atoms with Gasteiger partial charge >= 0.3 is 0 Å². The van der Waals surface area contributed by atoms with Gasteiger partial charge in [0.25, 0.3) is 0 Å². The normalized spacial score (nSPS) is 11.8.